The van der Waals surface area contributed by atoms with Crippen LogP contribution in [0.1, 0.15) is 5.56 Å². The van der Waals surface area contributed by atoms with E-state index in [-0.39, 0.29) is 0 Å². The molecule has 0 fully saturated rings. The summed E-state index contributed by atoms with van der Waals surface area (Å²) in [6.45, 7) is 2.02. The number of ether oxygens (including phenoxy) is 2. The van der Waals surface area contributed by atoms with E-state index in [4.69, 9.17) is 13.9 Å². The number of hydrogen-bond donors (Lipinski definition) is 0. The Labute approximate surface area is 127 Å². The minimum atomic E-state index is -0.404. The second kappa shape index (κ2) is 5.56. The van der Waals surface area contributed by atoms with E-state index in [0.29, 0.717) is 17.1 Å². The molecular formula is C18H16O4. The van der Waals surface area contributed by atoms with Crippen LogP contribution in [-0.4, -0.2) is 14.2 Å². The molecule has 0 saturated carbocycles. The predicted octanol–water partition coefficient (Wildman–Crippen LogP) is 3.79. The van der Waals surface area contributed by atoms with Gasteiger partial charge in [0.05, 0.1) is 19.6 Å². The van der Waals surface area contributed by atoms with Gasteiger partial charge in [-0.15, -0.1) is 0 Å². The van der Waals surface area contributed by atoms with Crippen molar-refractivity contribution in [3.05, 3.63) is 58.4 Å². The molecule has 4 heteroatoms. The fourth-order valence-corrected chi connectivity index (χ4v) is 2.48. The molecule has 0 bridgehead atoms. The van der Waals surface area contributed by atoms with Gasteiger partial charge in [0, 0.05) is 23.8 Å². The third-order valence-corrected chi connectivity index (χ3v) is 3.60. The van der Waals surface area contributed by atoms with Crippen LogP contribution < -0.4 is 15.1 Å². The zero-order chi connectivity index (χ0) is 15.7. The summed E-state index contributed by atoms with van der Waals surface area (Å²) < 4.78 is 16.0. The van der Waals surface area contributed by atoms with Gasteiger partial charge in [-0.05, 0) is 12.5 Å². The highest BCUT2D eigenvalue weighted by Crippen LogP contribution is 2.37. The van der Waals surface area contributed by atoms with E-state index < -0.39 is 5.63 Å². The number of rotatable bonds is 3. The first kappa shape index (κ1) is 14.2. The van der Waals surface area contributed by atoms with E-state index in [9.17, 15) is 4.79 Å². The highest BCUT2D eigenvalue weighted by molar-refractivity contribution is 5.98. The molecule has 0 atom stereocenters. The van der Waals surface area contributed by atoms with E-state index >= 15 is 0 Å². The van der Waals surface area contributed by atoms with Crippen LogP contribution in [0.15, 0.2) is 51.7 Å². The Bertz CT molecular complexity index is 876. The van der Waals surface area contributed by atoms with Gasteiger partial charge in [0.25, 0.3) is 0 Å². The number of hydrogen-bond acceptors (Lipinski definition) is 4. The largest absolute Gasteiger partial charge is 0.496 e. The molecule has 3 aromatic rings. The molecule has 22 heavy (non-hydrogen) atoms. The van der Waals surface area contributed by atoms with Crippen molar-refractivity contribution in [2.75, 3.05) is 14.2 Å². The summed E-state index contributed by atoms with van der Waals surface area (Å²) in [5.41, 5.74) is 2.92. The SMILES string of the molecule is COc1cc(OC)c2c(-c3ccc(C)cc3)cc(=O)oc2c1. The van der Waals surface area contributed by atoms with Crippen molar-refractivity contribution >= 4 is 11.0 Å². The Morgan fingerprint density at radius 3 is 2.32 bits per heavy atom. The topological polar surface area (TPSA) is 48.7 Å². The minimum Gasteiger partial charge on any atom is -0.496 e. The molecule has 1 heterocycles. The van der Waals surface area contributed by atoms with Gasteiger partial charge in [-0.25, -0.2) is 4.79 Å². The zero-order valence-corrected chi connectivity index (χ0v) is 12.7. The summed E-state index contributed by atoms with van der Waals surface area (Å²) in [5.74, 6) is 1.18. The molecule has 0 aliphatic carbocycles. The Kier molecular flexibility index (Phi) is 3.59. The van der Waals surface area contributed by atoms with Gasteiger partial charge >= 0.3 is 5.63 Å². The van der Waals surface area contributed by atoms with Crippen molar-refractivity contribution in [3.63, 3.8) is 0 Å². The second-order valence-electron chi connectivity index (χ2n) is 5.05. The van der Waals surface area contributed by atoms with E-state index in [0.717, 1.165) is 22.1 Å². The molecule has 0 aliphatic heterocycles. The van der Waals surface area contributed by atoms with Gasteiger partial charge in [-0.1, -0.05) is 29.8 Å². The highest BCUT2D eigenvalue weighted by Gasteiger charge is 2.14. The molecule has 0 amide bonds. The smallest absolute Gasteiger partial charge is 0.336 e. The summed E-state index contributed by atoms with van der Waals surface area (Å²) in [6.07, 6.45) is 0. The Hall–Kier alpha value is -2.75. The van der Waals surface area contributed by atoms with Crippen molar-refractivity contribution in [2.24, 2.45) is 0 Å². The number of fused-ring (bicyclic) bond motifs is 1. The molecule has 0 spiro atoms. The maximum Gasteiger partial charge on any atom is 0.336 e. The summed E-state index contributed by atoms with van der Waals surface area (Å²) in [6, 6.07) is 12.9. The lowest BCUT2D eigenvalue weighted by Crippen LogP contribution is -2.00. The second-order valence-corrected chi connectivity index (χ2v) is 5.05. The quantitative estimate of drug-likeness (QED) is 0.690. The number of methoxy groups -OCH3 is 2. The van der Waals surface area contributed by atoms with Gasteiger partial charge in [0.2, 0.25) is 0 Å². The molecule has 3 rings (SSSR count). The Morgan fingerprint density at radius 2 is 1.68 bits per heavy atom. The minimum absolute atomic E-state index is 0.404. The van der Waals surface area contributed by atoms with Gasteiger partial charge in [-0.2, -0.15) is 0 Å². The van der Waals surface area contributed by atoms with E-state index in [2.05, 4.69) is 0 Å². The van der Waals surface area contributed by atoms with Gasteiger partial charge < -0.3 is 13.9 Å². The van der Waals surface area contributed by atoms with Crippen LogP contribution in [0, 0.1) is 6.92 Å². The first-order valence-corrected chi connectivity index (χ1v) is 6.89. The van der Waals surface area contributed by atoms with Crippen LogP contribution in [-0.2, 0) is 0 Å². The van der Waals surface area contributed by atoms with Gasteiger partial charge in [0.15, 0.2) is 0 Å². The molecule has 1 aromatic heterocycles. The summed E-state index contributed by atoms with van der Waals surface area (Å²) in [5, 5.41) is 0.756. The molecule has 112 valence electrons. The van der Waals surface area contributed by atoms with Crippen LogP contribution in [0.4, 0.5) is 0 Å². The first-order valence-electron chi connectivity index (χ1n) is 6.89. The lowest BCUT2D eigenvalue weighted by molar-refractivity contribution is 0.396. The molecular weight excluding hydrogens is 280 g/mol. The van der Waals surface area contributed by atoms with Crippen LogP contribution >= 0.6 is 0 Å². The number of benzene rings is 2. The van der Waals surface area contributed by atoms with Crippen LogP contribution in [0.3, 0.4) is 0 Å². The molecule has 0 N–H and O–H groups in total. The summed E-state index contributed by atoms with van der Waals surface area (Å²) >= 11 is 0. The van der Waals surface area contributed by atoms with Crippen LogP contribution in [0.5, 0.6) is 11.5 Å². The Balaban J connectivity index is 2.38. The van der Waals surface area contributed by atoms with Crippen LogP contribution in [0.2, 0.25) is 0 Å². The third kappa shape index (κ3) is 2.44. The van der Waals surface area contributed by atoms with Crippen molar-refractivity contribution < 1.29 is 13.9 Å². The van der Waals surface area contributed by atoms with Gasteiger partial charge in [0.1, 0.15) is 17.1 Å². The predicted molar refractivity (Wildman–Crippen MR) is 85.8 cm³/mol. The molecule has 0 aliphatic rings. The number of aryl methyl sites for hydroxylation is 1. The van der Waals surface area contributed by atoms with Crippen LogP contribution in [0.25, 0.3) is 22.1 Å². The summed E-state index contributed by atoms with van der Waals surface area (Å²) in [4.78, 5) is 11.9. The standard InChI is InChI=1S/C18H16O4/c1-11-4-6-12(7-5-11)14-10-17(19)22-16-9-13(20-2)8-15(21-3)18(14)16/h4-10H,1-3H3. The van der Waals surface area contributed by atoms with Crippen molar-refractivity contribution in [1.29, 1.82) is 0 Å². The molecule has 0 radical (unpaired) electrons. The average molecular weight is 296 g/mol. The molecule has 0 saturated heterocycles. The van der Waals surface area contributed by atoms with E-state index in [1.807, 2.05) is 31.2 Å². The third-order valence-electron chi connectivity index (χ3n) is 3.60. The normalized spacial score (nSPS) is 10.7. The molecule has 2 aromatic carbocycles. The van der Waals surface area contributed by atoms with Crippen molar-refractivity contribution in [2.45, 2.75) is 6.92 Å². The average Bonchev–Trinajstić information content (AvgIpc) is 2.53. The lowest BCUT2D eigenvalue weighted by atomic mass is 10.00. The fraction of sp³-hybridized carbons (Fsp3) is 0.167. The van der Waals surface area contributed by atoms with E-state index in [1.165, 1.54) is 6.07 Å². The maximum absolute atomic E-state index is 11.9. The monoisotopic (exact) mass is 296 g/mol. The van der Waals surface area contributed by atoms with E-state index in [1.54, 1.807) is 26.4 Å². The van der Waals surface area contributed by atoms with Crippen molar-refractivity contribution in [3.8, 4) is 22.6 Å². The highest BCUT2D eigenvalue weighted by atomic mass is 16.5. The zero-order valence-electron chi connectivity index (χ0n) is 12.7. The molecule has 0 unspecified atom stereocenters. The molecule has 4 nitrogen and oxygen atoms in total. The van der Waals surface area contributed by atoms with Crippen molar-refractivity contribution in [1.82, 2.24) is 0 Å². The maximum atomic E-state index is 11.9. The van der Waals surface area contributed by atoms with Gasteiger partial charge in [-0.3, -0.25) is 0 Å². The Morgan fingerprint density at radius 1 is 0.955 bits per heavy atom. The first-order chi connectivity index (χ1) is 10.6. The summed E-state index contributed by atoms with van der Waals surface area (Å²) in [7, 11) is 3.14. The fourth-order valence-electron chi connectivity index (χ4n) is 2.48. The lowest BCUT2D eigenvalue weighted by Gasteiger charge is -2.12.